The maximum atomic E-state index is 11.4. The molecule has 5 aromatic rings. The summed E-state index contributed by atoms with van der Waals surface area (Å²) in [7, 11) is 0. The number of aromatic carboxylic acids is 1. The Hall–Kier alpha value is -4.04. The largest absolute Gasteiger partial charge is 0.476 e. The van der Waals surface area contributed by atoms with Crippen LogP contribution in [0.15, 0.2) is 60.7 Å². The Balaban J connectivity index is 1.16. The number of rotatable bonds is 5. The lowest BCUT2D eigenvalue weighted by atomic mass is 10.0. The van der Waals surface area contributed by atoms with Gasteiger partial charge in [0.1, 0.15) is 5.52 Å². The number of benzene rings is 2. The second kappa shape index (κ2) is 8.63. The van der Waals surface area contributed by atoms with Crippen molar-refractivity contribution < 1.29 is 9.90 Å². The molecule has 2 aromatic carbocycles. The van der Waals surface area contributed by atoms with E-state index < -0.39 is 5.97 Å². The number of fused-ring (bicyclic) bond motifs is 4. The van der Waals surface area contributed by atoms with Gasteiger partial charge in [0.15, 0.2) is 5.69 Å². The molecule has 1 fully saturated rings. The number of aryl methyl sites for hydroxylation is 1. The normalized spacial score (nSPS) is 14.8. The van der Waals surface area contributed by atoms with Crippen molar-refractivity contribution >= 4 is 39.0 Å². The number of carboxylic acid groups (broad SMARTS) is 1. The van der Waals surface area contributed by atoms with E-state index in [0.29, 0.717) is 5.52 Å². The highest BCUT2D eigenvalue weighted by Gasteiger charge is 2.20. The van der Waals surface area contributed by atoms with Crippen LogP contribution in [-0.2, 0) is 6.42 Å². The summed E-state index contributed by atoms with van der Waals surface area (Å²) in [5.41, 5.74) is 5.96. The Bertz CT molecular complexity index is 1570. The lowest BCUT2D eigenvalue weighted by Gasteiger charge is -2.36. The molecule has 4 heterocycles. The molecule has 1 aliphatic heterocycles. The van der Waals surface area contributed by atoms with Crippen LogP contribution in [0, 0.1) is 6.92 Å². The highest BCUT2D eigenvalue weighted by molar-refractivity contribution is 5.96. The molecule has 1 aliphatic rings. The summed E-state index contributed by atoms with van der Waals surface area (Å²) in [6, 6.07) is 20.6. The second-order valence-electron chi connectivity index (χ2n) is 9.10. The van der Waals surface area contributed by atoms with Crippen molar-refractivity contribution in [3.63, 3.8) is 0 Å². The van der Waals surface area contributed by atoms with Crippen molar-refractivity contribution in [1.29, 1.82) is 0 Å². The van der Waals surface area contributed by atoms with E-state index in [0.717, 1.165) is 61.3 Å². The van der Waals surface area contributed by atoms with Gasteiger partial charge in [0, 0.05) is 54.9 Å². The number of aromatic nitrogens is 4. The van der Waals surface area contributed by atoms with Crippen molar-refractivity contribution in [2.24, 2.45) is 0 Å². The summed E-state index contributed by atoms with van der Waals surface area (Å²) >= 11 is 0. The average molecular weight is 467 g/mol. The van der Waals surface area contributed by atoms with Gasteiger partial charge < -0.3 is 10.0 Å². The minimum Gasteiger partial charge on any atom is -0.476 e. The Labute approximate surface area is 202 Å². The van der Waals surface area contributed by atoms with E-state index in [4.69, 9.17) is 0 Å². The topological polar surface area (TPSA) is 86.9 Å². The van der Waals surface area contributed by atoms with Gasteiger partial charge >= 0.3 is 5.97 Å². The molecule has 3 aromatic heterocycles. The number of nitrogens with zero attached hydrogens (tertiary/aromatic N) is 6. The van der Waals surface area contributed by atoms with E-state index in [1.807, 2.05) is 25.1 Å². The van der Waals surface area contributed by atoms with Gasteiger partial charge in [-0.1, -0.05) is 29.5 Å². The van der Waals surface area contributed by atoms with E-state index in [1.54, 1.807) is 10.6 Å². The Morgan fingerprint density at radius 2 is 1.71 bits per heavy atom. The van der Waals surface area contributed by atoms with Gasteiger partial charge in [-0.25, -0.2) is 9.31 Å². The third-order valence-electron chi connectivity index (χ3n) is 6.98. The molecule has 1 N–H and O–H groups in total. The molecule has 0 spiro atoms. The zero-order valence-electron chi connectivity index (χ0n) is 19.6. The van der Waals surface area contributed by atoms with Crippen LogP contribution in [0.4, 0.5) is 5.69 Å². The molecule has 0 atom stereocenters. The quantitative estimate of drug-likeness (QED) is 0.422. The van der Waals surface area contributed by atoms with Crippen molar-refractivity contribution in [3.8, 4) is 0 Å². The molecule has 8 nitrogen and oxygen atoms in total. The second-order valence-corrected chi connectivity index (χ2v) is 9.10. The monoisotopic (exact) mass is 466 g/mol. The average Bonchev–Trinajstić information content (AvgIpc) is 3.32. The van der Waals surface area contributed by atoms with Crippen LogP contribution >= 0.6 is 0 Å². The molecule has 35 heavy (non-hydrogen) atoms. The molecule has 8 heteroatoms. The van der Waals surface area contributed by atoms with Gasteiger partial charge in [-0.15, -0.1) is 5.10 Å². The predicted molar refractivity (Wildman–Crippen MR) is 136 cm³/mol. The lowest BCUT2D eigenvalue weighted by molar-refractivity contribution is 0.0692. The van der Waals surface area contributed by atoms with Gasteiger partial charge in [-0.2, -0.15) is 0 Å². The Morgan fingerprint density at radius 3 is 2.54 bits per heavy atom. The molecule has 176 valence electrons. The van der Waals surface area contributed by atoms with E-state index in [-0.39, 0.29) is 5.69 Å². The molecule has 0 amide bonds. The first kappa shape index (κ1) is 21.5. The highest BCUT2D eigenvalue weighted by atomic mass is 16.4. The summed E-state index contributed by atoms with van der Waals surface area (Å²) in [5, 5.41) is 19.6. The predicted octanol–water partition coefficient (Wildman–Crippen LogP) is 3.80. The van der Waals surface area contributed by atoms with E-state index in [2.05, 4.69) is 61.5 Å². The van der Waals surface area contributed by atoms with Crippen LogP contribution in [0.1, 0.15) is 21.7 Å². The van der Waals surface area contributed by atoms with Crippen molar-refractivity contribution in [1.82, 2.24) is 24.7 Å². The number of carboxylic acids is 1. The smallest absolute Gasteiger partial charge is 0.358 e. The summed E-state index contributed by atoms with van der Waals surface area (Å²) in [6.07, 6.45) is 0.917. The number of anilines is 1. The SMILES string of the molecule is Cc1ccc2c(N3CCN(CCc4cccc5c4ccc4c(C(=O)O)nnn45)CC3)cccc2n1. The number of piperazine rings is 1. The van der Waals surface area contributed by atoms with E-state index in [9.17, 15) is 9.90 Å². The minimum absolute atomic E-state index is 0.0210. The first-order valence-corrected chi connectivity index (χ1v) is 11.9. The fourth-order valence-corrected chi connectivity index (χ4v) is 5.13. The number of carbonyl (C=O) groups is 1. The maximum Gasteiger partial charge on any atom is 0.358 e. The molecule has 0 unspecified atom stereocenters. The summed E-state index contributed by atoms with van der Waals surface area (Å²) in [5.74, 6) is -1.07. The summed E-state index contributed by atoms with van der Waals surface area (Å²) < 4.78 is 1.63. The standard InChI is InChI=1S/C27H26N6O2/c1-18-8-9-21-22(28-18)5-3-6-23(21)32-16-14-31(15-17-32)13-12-19-4-2-7-24-20(19)10-11-25-26(27(34)35)29-30-33(24)25/h2-11H,12-17H2,1H3,(H,34,35). The van der Waals surface area contributed by atoms with Crippen LogP contribution < -0.4 is 4.90 Å². The molecule has 0 aliphatic carbocycles. The molecule has 0 saturated carbocycles. The van der Waals surface area contributed by atoms with Crippen LogP contribution in [-0.4, -0.2) is 68.5 Å². The third-order valence-corrected chi connectivity index (χ3v) is 6.98. The van der Waals surface area contributed by atoms with Gasteiger partial charge in [0.2, 0.25) is 0 Å². The Kier molecular flexibility index (Phi) is 5.30. The zero-order valence-corrected chi connectivity index (χ0v) is 19.6. The van der Waals surface area contributed by atoms with E-state index >= 15 is 0 Å². The van der Waals surface area contributed by atoms with Crippen LogP contribution in [0.3, 0.4) is 0 Å². The van der Waals surface area contributed by atoms with Gasteiger partial charge in [0.05, 0.1) is 11.0 Å². The van der Waals surface area contributed by atoms with Gasteiger partial charge in [-0.3, -0.25) is 9.88 Å². The number of pyridine rings is 2. The number of hydrogen-bond donors (Lipinski definition) is 1. The maximum absolute atomic E-state index is 11.4. The number of hydrogen-bond acceptors (Lipinski definition) is 6. The van der Waals surface area contributed by atoms with Crippen molar-refractivity contribution in [2.75, 3.05) is 37.6 Å². The molecule has 0 bridgehead atoms. The Morgan fingerprint density at radius 1 is 0.914 bits per heavy atom. The van der Waals surface area contributed by atoms with Crippen LogP contribution in [0.25, 0.3) is 27.3 Å². The third kappa shape index (κ3) is 3.85. The van der Waals surface area contributed by atoms with Crippen LogP contribution in [0.2, 0.25) is 0 Å². The van der Waals surface area contributed by atoms with Gasteiger partial charge in [0.25, 0.3) is 0 Å². The summed E-state index contributed by atoms with van der Waals surface area (Å²) in [6.45, 7) is 6.99. The van der Waals surface area contributed by atoms with Crippen molar-refractivity contribution in [3.05, 3.63) is 77.6 Å². The lowest BCUT2D eigenvalue weighted by Crippen LogP contribution is -2.47. The van der Waals surface area contributed by atoms with Gasteiger partial charge in [-0.05, 0) is 55.3 Å². The molecular formula is C27H26N6O2. The highest BCUT2D eigenvalue weighted by Crippen LogP contribution is 2.27. The first-order chi connectivity index (χ1) is 17.1. The van der Waals surface area contributed by atoms with Crippen LogP contribution in [0.5, 0.6) is 0 Å². The molecular weight excluding hydrogens is 440 g/mol. The molecule has 6 rings (SSSR count). The van der Waals surface area contributed by atoms with E-state index in [1.165, 1.54) is 16.6 Å². The fourth-order valence-electron chi connectivity index (χ4n) is 5.13. The fraction of sp³-hybridized carbons (Fsp3) is 0.259. The molecule has 1 saturated heterocycles. The van der Waals surface area contributed by atoms with Crippen molar-refractivity contribution in [2.45, 2.75) is 13.3 Å². The zero-order chi connectivity index (χ0) is 23.9. The summed E-state index contributed by atoms with van der Waals surface area (Å²) in [4.78, 5) is 21.1. The first-order valence-electron chi connectivity index (χ1n) is 11.9. The minimum atomic E-state index is -1.07. The molecule has 0 radical (unpaired) electrons.